The van der Waals surface area contributed by atoms with E-state index in [-0.39, 0.29) is 5.91 Å². The third-order valence-electron chi connectivity index (χ3n) is 7.89. The first-order valence-corrected chi connectivity index (χ1v) is 15.7. The Balaban J connectivity index is 1.47. The Kier molecular flexibility index (Phi) is 17.0. The van der Waals surface area contributed by atoms with Crippen LogP contribution >= 0.6 is 0 Å². The van der Waals surface area contributed by atoms with Crippen molar-refractivity contribution in [2.45, 2.75) is 135 Å². The van der Waals surface area contributed by atoms with Crippen molar-refractivity contribution in [3.05, 3.63) is 48.2 Å². The monoisotopic (exact) mass is 538 g/mol. The normalized spacial score (nSPS) is 12.4. The number of rotatable bonds is 23. The second-order valence-electron chi connectivity index (χ2n) is 11.2. The number of hydrogen-bond acceptors (Lipinski definition) is 2. The molecule has 2 aromatic rings. The van der Waals surface area contributed by atoms with Crippen molar-refractivity contribution in [1.29, 1.82) is 0 Å². The number of nitrogens with zero attached hydrogens (tertiary/aromatic N) is 1. The zero-order chi connectivity index (χ0) is 28.1. The summed E-state index contributed by atoms with van der Waals surface area (Å²) in [6.07, 6.45) is 28.8. The molecule has 5 heteroatoms. The van der Waals surface area contributed by atoms with Crippen LogP contribution in [-0.2, 0) is 16.0 Å². The standard InChI is InChI=1S/C34H54N2O3/c1-3-4-5-6-7-8-9-10-11-12-13-14-15-16-17-18-19-20-21-26-33(37)36(2)32(34(38)39)27-29-28-35-31-25-23-22-24-30(29)31/h10-11,22-25,28,32,35H,3-9,12-21,26-27H2,1-2H3,(H,38,39)/b11-10-. The van der Waals surface area contributed by atoms with E-state index in [0.717, 1.165) is 35.7 Å². The lowest BCUT2D eigenvalue weighted by atomic mass is 10.0. The number of carbonyl (C=O) groups excluding carboxylic acids is 1. The first-order valence-electron chi connectivity index (χ1n) is 15.7. The molecule has 0 aliphatic rings. The molecule has 0 aliphatic heterocycles. The summed E-state index contributed by atoms with van der Waals surface area (Å²) in [6.45, 7) is 2.27. The van der Waals surface area contributed by atoms with Crippen LogP contribution in [0.3, 0.4) is 0 Å². The van der Waals surface area contributed by atoms with Crippen LogP contribution in [0.1, 0.15) is 128 Å². The van der Waals surface area contributed by atoms with Crippen molar-refractivity contribution < 1.29 is 14.7 Å². The van der Waals surface area contributed by atoms with Crippen LogP contribution in [0.5, 0.6) is 0 Å². The Morgan fingerprint density at radius 1 is 0.821 bits per heavy atom. The summed E-state index contributed by atoms with van der Waals surface area (Å²) in [6, 6.07) is 7.00. The fourth-order valence-corrected chi connectivity index (χ4v) is 5.30. The number of aromatic amines is 1. The van der Waals surface area contributed by atoms with Gasteiger partial charge in [-0.2, -0.15) is 0 Å². The Morgan fingerprint density at radius 3 is 1.95 bits per heavy atom. The molecule has 1 aromatic carbocycles. The predicted molar refractivity (Wildman–Crippen MR) is 164 cm³/mol. The summed E-state index contributed by atoms with van der Waals surface area (Å²) in [5.74, 6) is -1.04. The molecule has 218 valence electrons. The molecule has 2 N–H and O–H groups in total. The van der Waals surface area contributed by atoms with Crippen molar-refractivity contribution in [1.82, 2.24) is 9.88 Å². The molecule has 0 aliphatic carbocycles. The fourth-order valence-electron chi connectivity index (χ4n) is 5.30. The van der Waals surface area contributed by atoms with E-state index >= 15 is 0 Å². The molecule has 0 bridgehead atoms. The summed E-state index contributed by atoms with van der Waals surface area (Å²) in [5, 5.41) is 10.8. The maximum Gasteiger partial charge on any atom is 0.326 e. The van der Waals surface area contributed by atoms with E-state index in [1.165, 1.54) is 94.8 Å². The second kappa shape index (κ2) is 20.4. The van der Waals surface area contributed by atoms with E-state index in [4.69, 9.17) is 0 Å². The average Bonchev–Trinajstić information content (AvgIpc) is 3.35. The molecule has 2 rings (SSSR count). The average molecular weight is 539 g/mol. The van der Waals surface area contributed by atoms with Gasteiger partial charge in [0.05, 0.1) is 0 Å². The van der Waals surface area contributed by atoms with E-state index in [0.29, 0.717) is 12.8 Å². The number of carboxylic acids is 1. The first kappa shape index (κ1) is 32.7. The van der Waals surface area contributed by atoms with Gasteiger partial charge in [0.2, 0.25) is 5.91 Å². The summed E-state index contributed by atoms with van der Waals surface area (Å²) in [7, 11) is 1.63. The molecule has 1 unspecified atom stereocenters. The Hall–Kier alpha value is -2.56. The number of likely N-dealkylation sites (N-methyl/N-ethyl adjacent to an activating group) is 1. The molecular weight excluding hydrogens is 484 g/mol. The van der Waals surface area contributed by atoms with Gasteiger partial charge in [-0.15, -0.1) is 0 Å². The van der Waals surface area contributed by atoms with Gasteiger partial charge in [-0.05, 0) is 43.7 Å². The summed E-state index contributed by atoms with van der Waals surface area (Å²) < 4.78 is 0. The Morgan fingerprint density at radius 2 is 1.36 bits per heavy atom. The van der Waals surface area contributed by atoms with Gasteiger partial charge in [-0.25, -0.2) is 4.79 Å². The molecule has 0 saturated carbocycles. The highest BCUT2D eigenvalue weighted by Gasteiger charge is 2.27. The van der Waals surface area contributed by atoms with E-state index in [9.17, 15) is 14.7 Å². The number of aliphatic carboxylic acids is 1. The Labute approximate surface area is 237 Å². The van der Waals surface area contributed by atoms with Gasteiger partial charge in [0.1, 0.15) is 6.04 Å². The van der Waals surface area contributed by atoms with Gasteiger partial charge in [0, 0.05) is 37.0 Å². The molecule has 0 fully saturated rings. The number of fused-ring (bicyclic) bond motifs is 1. The number of benzene rings is 1. The highest BCUT2D eigenvalue weighted by Crippen LogP contribution is 2.21. The number of allylic oxidation sites excluding steroid dienone is 2. The molecule has 1 aromatic heterocycles. The molecular formula is C34H54N2O3. The van der Waals surface area contributed by atoms with Crippen LogP contribution < -0.4 is 0 Å². The minimum atomic E-state index is -0.958. The van der Waals surface area contributed by atoms with E-state index in [2.05, 4.69) is 24.1 Å². The van der Waals surface area contributed by atoms with Crippen LogP contribution in [0.2, 0.25) is 0 Å². The second-order valence-corrected chi connectivity index (χ2v) is 11.2. The van der Waals surface area contributed by atoms with Crippen LogP contribution in [0, 0.1) is 0 Å². The maximum absolute atomic E-state index is 12.7. The summed E-state index contributed by atoms with van der Waals surface area (Å²) >= 11 is 0. The lowest BCUT2D eigenvalue weighted by molar-refractivity contribution is -0.149. The zero-order valence-electron chi connectivity index (χ0n) is 24.8. The quantitative estimate of drug-likeness (QED) is 0.109. The number of H-pyrrole nitrogens is 1. The van der Waals surface area contributed by atoms with Crippen molar-refractivity contribution in [2.75, 3.05) is 7.05 Å². The molecule has 1 amide bonds. The molecule has 0 radical (unpaired) electrons. The number of para-hydroxylation sites is 1. The minimum Gasteiger partial charge on any atom is -0.480 e. The van der Waals surface area contributed by atoms with Gasteiger partial charge in [-0.3, -0.25) is 4.79 Å². The van der Waals surface area contributed by atoms with Gasteiger partial charge >= 0.3 is 5.97 Å². The van der Waals surface area contributed by atoms with Crippen LogP contribution in [-0.4, -0.2) is 40.0 Å². The summed E-state index contributed by atoms with van der Waals surface area (Å²) in [5.41, 5.74) is 1.91. The highest BCUT2D eigenvalue weighted by atomic mass is 16.4. The molecule has 1 atom stereocenters. The van der Waals surface area contributed by atoms with Gasteiger partial charge in [0.15, 0.2) is 0 Å². The number of carbonyl (C=O) groups is 2. The number of hydrogen-bond donors (Lipinski definition) is 2. The molecule has 5 nitrogen and oxygen atoms in total. The van der Waals surface area contributed by atoms with Gasteiger partial charge < -0.3 is 15.0 Å². The van der Waals surface area contributed by atoms with Crippen molar-refractivity contribution in [3.63, 3.8) is 0 Å². The van der Waals surface area contributed by atoms with Crippen molar-refractivity contribution >= 4 is 22.8 Å². The molecule has 0 saturated heterocycles. The predicted octanol–water partition coefficient (Wildman–Crippen LogP) is 9.22. The number of nitrogens with one attached hydrogen (secondary N) is 1. The summed E-state index contributed by atoms with van der Waals surface area (Å²) in [4.78, 5) is 29.3. The molecule has 0 spiro atoms. The fraction of sp³-hybridized carbons (Fsp3) is 0.647. The zero-order valence-corrected chi connectivity index (χ0v) is 24.8. The van der Waals surface area contributed by atoms with Crippen LogP contribution in [0.25, 0.3) is 10.9 Å². The Bertz CT molecular complexity index is 964. The van der Waals surface area contributed by atoms with Gasteiger partial charge in [0.25, 0.3) is 0 Å². The number of unbranched alkanes of at least 4 members (excludes halogenated alkanes) is 15. The first-order chi connectivity index (χ1) is 19.0. The minimum absolute atomic E-state index is 0.0803. The van der Waals surface area contributed by atoms with Gasteiger partial charge in [-0.1, -0.05) is 114 Å². The number of amides is 1. The molecule has 39 heavy (non-hydrogen) atoms. The number of aromatic nitrogens is 1. The van der Waals surface area contributed by atoms with E-state index in [1.807, 2.05) is 30.5 Å². The topological polar surface area (TPSA) is 73.4 Å². The lowest BCUT2D eigenvalue weighted by Gasteiger charge is -2.25. The third-order valence-corrected chi connectivity index (χ3v) is 7.89. The molecule has 1 heterocycles. The van der Waals surface area contributed by atoms with Crippen molar-refractivity contribution in [2.24, 2.45) is 0 Å². The van der Waals surface area contributed by atoms with Crippen molar-refractivity contribution in [3.8, 4) is 0 Å². The SMILES string of the molecule is CCCCCCCC/C=C\CCCCCCCCCCCC(=O)N(C)C(Cc1c[nH]c2ccccc12)C(=O)O. The van der Waals surface area contributed by atoms with Crippen LogP contribution in [0.15, 0.2) is 42.6 Å². The van der Waals surface area contributed by atoms with E-state index < -0.39 is 12.0 Å². The number of carboxylic acid groups (broad SMARTS) is 1. The lowest BCUT2D eigenvalue weighted by Crippen LogP contribution is -2.43. The largest absolute Gasteiger partial charge is 0.480 e. The smallest absolute Gasteiger partial charge is 0.326 e. The maximum atomic E-state index is 12.7. The third kappa shape index (κ3) is 13.4. The van der Waals surface area contributed by atoms with E-state index in [1.54, 1.807) is 7.05 Å². The van der Waals surface area contributed by atoms with Crippen LogP contribution in [0.4, 0.5) is 0 Å². The highest BCUT2D eigenvalue weighted by molar-refractivity contribution is 5.86.